The number of halogens is 2. The summed E-state index contributed by atoms with van der Waals surface area (Å²) in [6, 6.07) is 2.62. The number of anilines is 1. The smallest absolute Gasteiger partial charge is 0.276 e. The summed E-state index contributed by atoms with van der Waals surface area (Å²) in [6.45, 7) is 6.70. The van der Waals surface area contributed by atoms with E-state index in [1.54, 1.807) is 27.7 Å². The molecule has 0 fully saturated rings. The summed E-state index contributed by atoms with van der Waals surface area (Å²) in [6.07, 6.45) is 0. The fraction of sp³-hybridized carbons (Fsp3) is 0.250. The largest absolute Gasteiger partial charge is 0.307 e. The van der Waals surface area contributed by atoms with Gasteiger partial charge in [-0.3, -0.25) is 14.8 Å². The molecule has 0 amide bonds. The summed E-state index contributed by atoms with van der Waals surface area (Å²) >= 11 is 0. The number of nitrogens with one attached hydrogen (secondary N) is 1. The Hall–Kier alpha value is -2.55. The number of sulfonamides is 1. The predicted octanol–water partition coefficient (Wildman–Crippen LogP) is 3.91. The van der Waals surface area contributed by atoms with Crippen molar-refractivity contribution < 1.29 is 22.1 Å². The van der Waals surface area contributed by atoms with Gasteiger partial charge in [0.05, 0.1) is 15.5 Å². The summed E-state index contributed by atoms with van der Waals surface area (Å²) in [7, 11) is -4.23. The molecule has 0 aromatic heterocycles. The highest BCUT2D eigenvalue weighted by Crippen LogP contribution is 2.30. The van der Waals surface area contributed by atoms with Crippen LogP contribution < -0.4 is 4.72 Å². The molecule has 0 aliphatic heterocycles. The molecule has 0 heterocycles. The Bertz CT molecular complexity index is 962. The summed E-state index contributed by atoms with van der Waals surface area (Å²) in [5, 5.41) is 10.8. The van der Waals surface area contributed by atoms with E-state index in [1.165, 1.54) is 0 Å². The van der Waals surface area contributed by atoms with Crippen molar-refractivity contribution in [2.24, 2.45) is 0 Å². The van der Waals surface area contributed by atoms with E-state index in [0.717, 1.165) is 11.1 Å². The Labute approximate surface area is 143 Å². The van der Waals surface area contributed by atoms with Crippen LogP contribution in [0.5, 0.6) is 0 Å². The minimum absolute atomic E-state index is 0.0311. The fourth-order valence-corrected chi connectivity index (χ4v) is 4.21. The first-order chi connectivity index (χ1) is 11.5. The summed E-state index contributed by atoms with van der Waals surface area (Å²) < 4.78 is 54.8. The van der Waals surface area contributed by atoms with E-state index in [9.17, 15) is 27.3 Å². The Morgan fingerprint density at radius 1 is 0.960 bits per heavy atom. The normalized spacial score (nSPS) is 11.4. The topological polar surface area (TPSA) is 89.3 Å². The zero-order chi connectivity index (χ0) is 19.1. The molecule has 0 bridgehead atoms. The molecule has 0 unspecified atom stereocenters. The highest BCUT2D eigenvalue weighted by molar-refractivity contribution is 7.92. The van der Waals surface area contributed by atoms with Crippen molar-refractivity contribution in [1.29, 1.82) is 0 Å². The van der Waals surface area contributed by atoms with Crippen LogP contribution in [0, 0.1) is 49.4 Å². The third-order valence-corrected chi connectivity index (χ3v) is 5.68. The highest BCUT2D eigenvalue weighted by Gasteiger charge is 2.26. The van der Waals surface area contributed by atoms with Crippen molar-refractivity contribution in [2.75, 3.05) is 4.72 Å². The molecule has 134 valence electrons. The molecule has 2 rings (SSSR count). The number of nitrogens with zero attached hydrogens (tertiary/aromatic N) is 1. The van der Waals surface area contributed by atoms with E-state index in [2.05, 4.69) is 0 Å². The quantitative estimate of drug-likeness (QED) is 0.653. The van der Waals surface area contributed by atoms with Crippen LogP contribution in [0.1, 0.15) is 22.3 Å². The van der Waals surface area contributed by atoms with E-state index in [0.29, 0.717) is 17.2 Å². The van der Waals surface area contributed by atoms with Crippen LogP contribution in [0.3, 0.4) is 0 Å². The maximum Gasteiger partial charge on any atom is 0.307 e. The summed E-state index contributed by atoms with van der Waals surface area (Å²) in [4.78, 5) is 9.70. The van der Waals surface area contributed by atoms with E-state index in [-0.39, 0.29) is 11.0 Å². The number of benzene rings is 2. The van der Waals surface area contributed by atoms with Gasteiger partial charge >= 0.3 is 5.69 Å². The Kier molecular flexibility index (Phi) is 4.81. The maximum atomic E-state index is 13.9. The molecular weight excluding hydrogens is 354 g/mol. The molecular formula is C16H16F2N2O4S. The van der Waals surface area contributed by atoms with Gasteiger partial charge in [0.15, 0.2) is 5.82 Å². The lowest BCUT2D eigenvalue weighted by Gasteiger charge is -2.17. The Morgan fingerprint density at radius 2 is 1.48 bits per heavy atom. The number of nitro groups is 1. The fourth-order valence-electron chi connectivity index (χ4n) is 2.54. The van der Waals surface area contributed by atoms with Gasteiger partial charge in [0.25, 0.3) is 10.0 Å². The van der Waals surface area contributed by atoms with Crippen molar-refractivity contribution in [3.8, 4) is 0 Å². The van der Waals surface area contributed by atoms with Gasteiger partial charge in [0, 0.05) is 12.1 Å². The zero-order valence-electron chi connectivity index (χ0n) is 14.0. The predicted molar refractivity (Wildman–Crippen MR) is 89.2 cm³/mol. The average Bonchev–Trinajstić information content (AvgIpc) is 2.47. The van der Waals surface area contributed by atoms with Crippen molar-refractivity contribution in [3.05, 3.63) is 62.2 Å². The van der Waals surface area contributed by atoms with Gasteiger partial charge in [-0.1, -0.05) is 6.07 Å². The van der Waals surface area contributed by atoms with Gasteiger partial charge in [-0.2, -0.15) is 4.39 Å². The lowest BCUT2D eigenvalue weighted by molar-refractivity contribution is -0.387. The number of nitro benzene ring substituents is 1. The van der Waals surface area contributed by atoms with Crippen LogP contribution in [0.15, 0.2) is 23.1 Å². The first kappa shape index (κ1) is 18.8. The lowest BCUT2D eigenvalue weighted by Crippen LogP contribution is -2.18. The number of rotatable bonds is 4. The second-order valence-corrected chi connectivity index (χ2v) is 7.35. The van der Waals surface area contributed by atoms with Crippen molar-refractivity contribution >= 4 is 21.4 Å². The van der Waals surface area contributed by atoms with E-state index in [1.807, 2.05) is 10.8 Å². The SMILES string of the molecule is Cc1cc(C)c(C)c(S(=O)(=O)Nc2cc([N+](=O)[O-])c(F)cc2F)c1C. The molecule has 1 N–H and O–H groups in total. The second-order valence-electron chi connectivity index (χ2n) is 5.74. The average molecular weight is 370 g/mol. The second kappa shape index (κ2) is 6.40. The Balaban J connectivity index is 2.62. The summed E-state index contributed by atoms with van der Waals surface area (Å²) in [5.74, 6) is -2.63. The summed E-state index contributed by atoms with van der Waals surface area (Å²) in [5.41, 5.74) is 0.710. The van der Waals surface area contributed by atoms with Gasteiger partial charge in [0.2, 0.25) is 5.82 Å². The molecule has 0 spiro atoms. The van der Waals surface area contributed by atoms with Crippen molar-refractivity contribution in [2.45, 2.75) is 32.6 Å². The van der Waals surface area contributed by atoms with E-state index >= 15 is 0 Å². The van der Waals surface area contributed by atoms with Gasteiger partial charge < -0.3 is 0 Å². The molecule has 25 heavy (non-hydrogen) atoms. The number of hydrogen-bond donors (Lipinski definition) is 1. The molecule has 6 nitrogen and oxygen atoms in total. The first-order valence-electron chi connectivity index (χ1n) is 7.19. The number of hydrogen-bond acceptors (Lipinski definition) is 4. The van der Waals surface area contributed by atoms with Crippen LogP contribution in [-0.4, -0.2) is 13.3 Å². The molecule has 9 heteroatoms. The van der Waals surface area contributed by atoms with Crippen LogP contribution in [0.4, 0.5) is 20.2 Å². The molecule has 0 saturated heterocycles. The highest BCUT2D eigenvalue weighted by atomic mass is 32.2. The van der Waals surface area contributed by atoms with E-state index < -0.39 is 38.0 Å². The van der Waals surface area contributed by atoms with Crippen molar-refractivity contribution in [3.63, 3.8) is 0 Å². The molecule has 0 aliphatic rings. The molecule has 0 saturated carbocycles. The third-order valence-electron chi connectivity index (χ3n) is 4.04. The van der Waals surface area contributed by atoms with Gasteiger partial charge in [-0.25, -0.2) is 12.8 Å². The van der Waals surface area contributed by atoms with E-state index in [4.69, 9.17) is 0 Å². The molecule has 0 radical (unpaired) electrons. The minimum Gasteiger partial charge on any atom is -0.276 e. The molecule has 2 aromatic rings. The molecule has 2 aromatic carbocycles. The molecule has 0 atom stereocenters. The zero-order valence-corrected chi connectivity index (χ0v) is 14.8. The lowest BCUT2D eigenvalue weighted by atomic mass is 10.0. The number of aryl methyl sites for hydroxylation is 2. The standard InChI is InChI=1S/C16H16F2N2O4S/c1-8-5-9(2)11(4)16(10(8)3)25(23,24)19-14-7-15(20(21)22)13(18)6-12(14)17/h5-7,19H,1-4H3. The van der Waals surface area contributed by atoms with Gasteiger partial charge in [-0.15, -0.1) is 0 Å². The third kappa shape index (κ3) is 3.46. The van der Waals surface area contributed by atoms with Gasteiger partial charge in [-0.05, 0) is 49.9 Å². The van der Waals surface area contributed by atoms with Crippen LogP contribution in [-0.2, 0) is 10.0 Å². The van der Waals surface area contributed by atoms with Gasteiger partial charge in [0.1, 0.15) is 0 Å². The van der Waals surface area contributed by atoms with Crippen LogP contribution >= 0.6 is 0 Å². The monoisotopic (exact) mass is 370 g/mol. The Morgan fingerprint density at radius 3 is 1.96 bits per heavy atom. The van der Waals surface area contributed by atoms with Crippen LogP contribution in [0.2, 0.25) is 0 Å². The van der Waals surface area contributed by atoms with Crippen molar-refractivity contribution in [1.82, 2.24) is 0 Å². The first-order valence-corrected chi connectivity index (χ1v) is 8.67. The minimum atomic E-state index is -4.23. The maximum absolute atomic E-state index is 13.9. The molecule has 0 aliphatic carbocycles. The van der Waals surface area contributed by atoms with Crippen LogP contribution in [0.25, 0.3) is 0 Å².